The number of hydrogen-bond donors (Lipinski definition) is 1. The van der Waals surface area contributed by atoms with E-state index in [0.717, 1.165) is 16.6 Å². The molecule has 3 aromatic rings. The first kappa shape index (κ1) is 17.3. The predicted molar refractivity (Wildman–Crippen MR) is 102 cm³/mol. The highest BCUT2D eigenvalue weighted by atomic mass is 35.5. The van der Waals surface area contributed by atoms with Crippen LogP contribution in [0.25, 0.3) is 22.7 Å². The normalized spacial score (nSPS) is 11.6. The molecule has 0 fully saturated rings. The van der Waals surface area contributed by atoms with Crippen LogP contribution < -0.4 is 4.74 Å². The lowest BCUT2D eigenvalue weighted by Crippen LogP contribution is -1.94. The number of nitrogens with zero attached hydrogens (tertiary/aromatic N) is 2. The summed E-state index contributed by atoms with van der Waals surface area (Å²) in [6, 6.07) is 11.5. The second-order valence-corrected chi connectivity index (χ2v) is 6.34. The highest BCUT2D eigenvalue weighted by Gasteiger charge is 2.11. The second-order valence-electron chi connectivity index (χ2n) is 5.52. The van der Waals surface area contributed by atoms with Gasteiger partial charge in [-0.15, -0.1) is 0 Å². The molecule has 0 atom stereocenters. The van der Waals surface area contributed by atoms with E-state index in [1.54, 1.807) is 18.2 Å². The predicted octanol–water partition coefficient (Wildman–Crippen LogP) is 5.64. The number of H-pyrrole nitrogens is 1. The molecule has 0 saturated carbocycles. The van der Waals surface area contributed by atoms with Gasteiger partial charge in [0.05, 0.1) is 33.3 Å². The number of imidazole rings is 1. The minimum Gasteiger partial charge on any atom is -0.491 e. The van der Waals surface area contributed by atoms with E-state index in [2.05, 4.69) is 16.0 Å². The molecular weight excluding hydrogens is 357 g/mol. The molecule has 1 N–H and O–H groups in total. The Hall–Kier alpha value is -2.48. The van der Waals surface area contributed by atoms with Gasteiger partial charge >= 0.3 is 0 Å². The van der Waals surface area contributed by atoms with Crippen LogP contribution in [-0.2, 0) is 0 Å². The van der Waals surface area contributed by atoms with Gasteiger partial charge in [0.25, 0.3) is 0 Å². The molecule has 0 aliphatic heterocycles. The Bertz CT molecular complexity index is 992. The number of aromatic nitrogens is 2. The number of halogens is 2. The molecule has 126 valence electrons. The Morgan fingerprint density at radius 3 is 2.64 bits per heavy atom. The zero-order valence-electron chi connectivity index (χ0n) is 13.7. The van der Waals surface area contributed by atoms with Crippen LogP contribution in [0.5, 0.6) is 5.75 Å². The van der Waals surface area contributed by atoms with E-state index in [1.807, 2.05) is 32.0 Å². The number of aryl methyl sites for hydroxylation is 1. The van der Waals surface area contributed by atoms with Crippen LogP contribution in [-0.4, -0.2) is 16.6 Å². The molecule has 0 unspecified atom stereocenters. The van der Waals surface area contributed by atoms with E-state index >= 15 is 0 Å². The molecule has 1 aromatic heterocycles. The molecule has 25 heavy (non-hydrogen) atoms. The Kier molecular flexibility index (Phi) is 4.98. The lowest BCUT2D eigenvalue weighted by molar-refractivity contribution is 0.340. The standard InChI is InChI=1S/C19H15Cl2N3O/c1-3-25-18-14(20)8-12(9-15(18)21)7-13(10-22)19-23-16-5-4-11(2)6-17(16)24-19/h4-9H,3H2,1-2H3,(H,23,24). The number of ether oxygens (including phenoxy) is 1. The zero-order valence-corrected chi connectivity index (χ0v) is 15.2. The van der Waals surface area contributed by atoms with Gasteiger partial charge in [-0.3, -0.25) is 0 Å². The van der Waals surface area contributed by atoms with Gasteiger partial charge in [-0.25, -0.2) is 4.98 Å². The summed E-state index contributed by atoms with van der Waals surface area (Å²) in [6.07, 6.45) is 1.69. The van der Waals surface area contributed by atoms with Gasteiger partial charge in [-0.1, -0.05) is 29.3 Å². The van der Waals surface area contributed by atoms with Crippen LogP contribution >= 0.6 is 23.2 Å². The van der Waals surface area contributed by atoms with Crippen molar-refractivity contribution in [3.05, 3.63) is 57.3 Å². The summed E-state index contributed by atoms with van der Waals surface area (Å²) < 4.78 is 5.42. The average Bonchev–Trinajstić information content (AvgIpc) is 2.98. The van der Waals surface area contributed by atoms with E-state index in [9.17, 15) is 5.26 Å². The lowest BCUT2D eigenvalue weighted by Gasteiger charge is -2.08. The number of aromatic amines is 1. The first-order valence-corrected chi connectivity index (χ1v) is 8.47. The molecular formula is C19H15Cl2N3O. The molecule has 6 heteroatoms. The van der Waals surface area contributed by atoms with Crippen LogP contribution in [0.3, 0.4) is 0 Å². The van der Waals surface area contributed by atoms with Gasteiger partial charge in [0.2, 0.25) is 0 Å². The minimum atomic E-state index is 0.394. The van der Waals surface area contributed by atoms with Crippen molar-refractivity contribution in [2.24, 2.45) is 0 Å². The first-order chi connectivity index (χ1) is 12.0. The Morgan fingerprint density at radius 2 is 2.00 bits per heavy atom. The maximum absolute atomic E-state index is 9.53. The first-order valence-electron chi connectivity index (χ1n) is 7.72. The number of nitrogens with one attached hydrogen (secondary N) is 1. The van der Waals surface area contributed by atoms with E-state index < -0.39 is 0 Å². The summed E-state index contributed by atoms with van der Waals surface area (Å²) in [5, 5.41) is 10.3. The van der Waals surface area contributed by atoms with Crippen LogP contribution in [0.2, 0.25) is 10.0 Å². The van der Waals surface area contributed by atoms with Crippen LogP contribution in [0.1, 0.15) is 23.9 Å². The van der Waals surface area contributed by atoms with Gasteiger partial charge < -0.3 is 9.72 Å². The summed E-state index contributed by atoms with van der Waals surface area (Å²) >= 11 is 12.4. The highest BCUT2D eigenvalue weighted by Crippen LogP contribution is 2.35. The lowest BCUT2D eigenvalue weighted by atomic mass is 10.1. The zero-order chi connectivity index (χ0) is 18.0. The molecule has 0 radical (unpaired) electrons. The molecule has 3 rings (SSSR count). The average molecular weight is 372 g/mol. The smallest absolute Gasteiger partial charge is 0.156 e. The third-order valence-corrected chi connectivity index (χ3v) is 4.19. The van der Waals surface area contributed by atoms with Crippen molar-refractivity contribution in [2.75, 3.05) is 6.61 Å². The Labute approximate surface area is 155 Å². The van der Waals surface area contributed by atoms with Crippen molar-refractivity contribution in [3.8, 4) is 11.8 Å². The minimum absolute atomic E-state index is 0.394. The molecule has 4 nitrogen and oxygen atoms in total. The second kappa shape index (κ2) is 7.18. The van der Waals surface area contributed by atoms with Crippen molar-refractivity contribution in [1.29, 1.82) is 5.26 Å². The maximum Gasteiger partial charge on any atom is 0.156 e. The topological polar surface area (TPSA) is 61.7 Å². The Morgan fingerprint density at radius 1 is 1.28 bits per heavy atom. The van der Waals surface area contributed by atoms with Crippen molar-refractivity contribution in [2.45, 2.75) is 13.8 Å². The van der Waals surface area contributed by atoms with Gasteiger partial charge in [-0.05, 0) is 55.3 Å². The van der Waals surface area contributed by atoms with Crippen molar-refractivity contribution >= 4 is 45.9 Å². The molecule has 0 aliphatic rings. The summed E-state index contributed by atoms with van der Waals surface area (Å²) in [5.74, 6) is 0.949. The van der Waals surface area contributed by atoms with Gasteiger partial charge in [0.1, 0.15) is 11.9 Å². The number of allylic oxidation sites excluding steroid dienone is 1. The molecule has 0 aliphatic carbocycles. The number of benzene rings is 2. The molecule has 0 bridgehead atoms. The van der Waals surface area contributed by atoms with E-state index in [4.69, 9.17) is 27.9 Å². The quantitative estimate of drug-likeness (QED) is 0.603. The maximum atomic E-state index is 9.53. The fraction of sp³-hybridized carbons (Fsp3) is 0.158. The number of nitriles is 1. The molecule has 1 heterocycles. The third kappa shape index (κ3) is 3.63. The van der Waals surface area contributed by atoms with E-state index in [-0.39, 0.29) is 0 Å². The van der Waals surface area contributed by atoms with E-state index in [0.29, 0.717) is 39.4 Å². The fourth-order valence-electron chi connectivity index (χ4n) is 2.52. The Balaban J connectivity index is 2.04. The van der Waals surface area contributed by atoms with Crippen molar-refractivity contribution in [1.82, 2.24) is 9.97 Å². The summed E-state index contributed by atoms with van der Waals surface area (Å²) in [4.78, 5) is 7.65. The SMILES string of the molecule is CCOc1c(Cl)cc(C=C(C#N)c2nc3ccc(C)cc3[nH]2)cc1Cl. The number of rotatable bonds is 4. The fourth-order valence-corrected chi connectivity index (χ4v) is 3.13. The largest absolute Gasteiger partial charge is 0.491 e. The molecule has 0 saturated heterocycles. The molecule has 0 amide bonds. The van der Waals surface area contributed by atoms with Crippen molar-refractivity contribution < 1.29 is 4.74 Å². The third-order valence-electron chi connectivity index (χ3n) is 3.63. The van der Waals surface area contributed by atoms with E-state index in [1.165, 1.54) is 0 Å². The summed E-state index contributed by atoms with van der Waals surface area (Å²) in [7, 11) is 0. The van der Waals surface area contributed by atoms with Crippen LogP contribution in [0.4, 0.5) is 0 Å². The highest BCUT2D eigenvalue weighted by molar-refractivity contribution is 6.37. The summed E-state index contributed by atoms with van der Waals surface area (Å²) in [5.41, 5.74) is 3.91. The van der Waals surface area contributed by atoms with Crippen LogP contribution in [0, 0.1) is 18.3 Å². The van der Waals surface area contributed by atoms with Gasteiger partial charge in [0, 0.05) is 0 Å². The van der Waals surface area contributed by atoms with Crippen molar-refractivity contribution in [3.63, 3.8) is 0 Å². The van der Waals surface area contributed by atoms with Crippen LogP contribution in [0.15, 0.2) is 30.3 Å². The molecule has 0 spiro atoms. The summed E-state index contributed by atoms with van der Waals surface area (Å²) in [6.45, 7) is 4.33. The van der Waals surface area contributed by atoms with Gasteiger partial charge in [0.15, 0.2) is 5.75 Å². The number of fused-ring (bicyclic) bond motifs is 1. The van der Waals surface area contributed by atoms with Gasteiger partial charge in [-0.2, -0.15) is 5.26 Å². The molecule has 2 aromatic carbocycles. The monoisotopic (exact) mass is 371 g/mol. The number of hydrogen-bond acceptors (Lipinski definition) is 3.